The number of azide groups is 1. The van der Waals surface area contributed by atoms with Gasteiger partial charge in [0, 0.05) is 30.3 Å². The lowest BCUT2D eigenvalue weighted by Crippen LogP contribution is -2.57. The largest absolute Gasteiger partial charge is 0.459 e. The Morgan fingerprint density at radius 2 is 1.69 bits per heavy atom. The van der Waals surface area contributed by atoms with Gasteiger partial charge in [-0.2, -0.15) is 0 Å². The average molecular weight is 456 g/mol. The molecule has 0 bridgehead atoms. The number of hydrogen-bond donors (Lipinski definition) is 0. The number of hydrogen-bond acceptors (Lipinski definition) is 8. The molecule has 2 heterocycles. The molecule has 0 radical (unpaired) electrons. The maximum atomic E-state index is 12.2. The van der Waals surface area contributed by atoms with E-state index in [1.807, 2.05) is 34.6 Å². The third kappa shape index (κ3) is 6.20. The molecule has 0 aromatic carbocycles. The molecular weight excluding hydrogens is 418 g/mol. The predicted octanol–water partition coefficient (Wildman–Crippen LogP) is 3.77. The smallest absolute Gasteiger partial charge is 0.306 e. The first-order valence-corrected chi connectivity index (χ1v) is 11.4. The van der Waals surface area contributed by atoms with Gasteiger partial charge in [0.1, 0.15) is 11.9 Å². The van der Waals surface area contributed by atoms with Crippen molar-refractivity contribution in [2.75, 3.05) is 7.11 Å². The maximum absolute atomic E-state index is 12.2. The summed E-state index contributed by atoms with van der Waals surface area (Å²) in [5.74, 6) is -0.696. The van der Waals surface area contributed by atoms with Crippen LogP contribution in [0.15, 0.2) is 5.11 Å². The third-order valence-corrected chi connectivity index (χ3v) is 6.66. The molecule has 0 aliphatic carbocycles. The molecule has 2 rings (SSSR count). The van der Waals surface area contributed by atoms with Gasteiger partial charge in [-0.25, -0.2) is 0 Å². The molecule has 10 nitrogen and oxygen atoms in total. The van der Waals surface area contributed by atoms with Crippen molar-refractivity contribution >= 4 is 11.8 Å². The van der Waals surface area contributed by atoms with E-state index in [0.29, 0.717) is 6.42 Å². The highest BCUT2D eigenvalue weighted by molar-refractivity contribution is 5.81. The fraction of sp³-hybridized carbons (Fsp3) is 0.909. The van der Waals surface area contributed by atoms with Crippen molar-refractivity contribution in [3.63, 3.8) is 0 Å². The highest BCUT2D eigenvalue weighted by Gasteiger charge is 2.48. The molecule has 0 aromatic rings. The van der Waals surface area contributed by atoms with Gasteiger partial charge < -0.3 is 28.5 Å². The van der Waals surface area contributed by atoms with Crippen LogP contribution in [0.25, 0.3) is 10.4 Å². The fourth-order valence-corrected chi connectivity index (χ4v) is 4.46. The first-order chi connectivity index (χ1) is 15.1. The first kappa shape index (κ1) is 26.5. The van der Waals surface area contributed by atoms with Crippen molar-refractivity contribution in [2.24, 2.45) is 22.9 Å². The summed E-state index contributed by atoms with van der Waals surface area (Å²) in [7, 11) is 1.53. The lowest BCUT2D eigenvalue weighted by atomic mass is 9.84. The van der Waals surface area contributed by atoms with Crippen LogP contribution in [-0.2, 0) is 33.3 Å². The van der Waals surface area contributed by atoms with Gasteiger partial charge in [0.2, 0.25) is 0 Å². The number of methoxy groups -OCH3 is 1. The minimum Gasteiger partial charge on any atom is -0.459 e. The van der Waals surface area contributed by atoms with Crippen LogP contribution in [0.5, 0.6) is 0 Å². The summed E-state index contributed by atoms with van der Waals surface area (Å²) in [6.07, 6.45) is -1.66. The summed E-state index contributed by atoms with van der Waals surface area (Å²) in [6, 6.07) is -0.526. The summed E-state index contributed by atoms with van der Waals surface area (Å²) in [6.45, 7) is 11.3. The summed E-state index contributed by atoms with van der Waals surface area (Å²) in [4.78, 5) is 26.3. The van der Waals surface area contributed by atoms with E-state index in [1.165, 1.54) is 14.0 Å². The molecule has 2 aliphatic rings. The Labute approximate surface area is 189 Å². The van der Waals surface area contributed by atoms with Gasteiger partial charge in [0.25, 0.3) is 0 Å². The minimum atomic E-state index is -0.632. The molecule has 32 heavy (non-hydrogen) atoms. The van der Waals surface area contributed by atoms with Crippen molar-refractivity contribution in [1.82, 2.24) is 0 Å². The number of ether oxygens (including phenoxy) is 5. The molecule has 10 heteroatoms. The van der Waals surface area contributed by atoms with Crippen molar-refractivity contribution < 1.29 is 33.3 Å². The Morgan fingerprint density at radius 1 is 1.00 bits per heavy atom. The average Bonchev–Trinajstić information content (AvgIpc) is 2.76. The lowest BCUT2D eigenvalue weighted by Gasteiger charge is -2.48. The standard InChI is InChI=1S/C22H37N3O7/c1-8-16-20(14(5)18(24-25-23)22(28-7)30-16)32-21-13(4)12(3)19(15(6)29-21)31-17(27)10-9-11(2)26/h12-16,18-22H,8-10H2,1-7H3/t12-,13?,14-,15?,16?,18?,19+,20+,21-,22+/m1/s1. The zero-order valence-electron chi connectivity index (χ0n) is 20.1. The summed E-state index contributed by atoms with van der Waals surface area (Å²) < 4.78 is 29.6. The monoisotopic (exact) mass is 455 g/mol. The molecule has 4 unspecified atom stereocenters. The molecule has 182 valence electrons. The molecule has 0 saturated carbocycles. The van der Waals surface area contributed by atoms with Crippen molar-refractivity contribution in [1.29, 1.82) is 0 Å². The Balaban J connectivity index is 2.10. The van der Waals surface area contributed by atoms with Crippen LogP contribution in [0.2, 0.25) is 0 Å². The second kappa shape index (κ2) is 12.0. The number of carbonyl (C=O) groups is 2. The van der Waals surface area contributed by atoms with Gasteiger partial charge >= 0.3 is 5.97 Å². The van der Waals surface area contributed by atoms with Crippen LogP contribution in [0, 0.1) is 17.8 Å². The Kier molecular flexibility index (Phi) is 9.91. The molecule has 2 fully saturated rings. The fourth-order valence-electron chi connectivity index (χ4n) is 4.46. The number of rotatable bonds is 9. The summed E-state index contributed by atoms with van der Waals surface area (Å²) >= 11 is 0. The van der Waals surface area contributed by atoms with E-state index in [0.717, 1.165) is 0 Å². The van der Waals surface area contributed by atoms with Crippen molar-refractivity contribution in [3.05, 3.63) is 10.4 Å². The van der Waals surface area contributed by atoms with Gasteiger partial charge in [-0.1, -0.05) is 32.8 Å². The second-order valence-electron chi connectivity index (χ2n) is 8.93. The normalized spacial score (nSPS) is 39.7. The van der Waals surface area contributed by atoms with Gasteiger partial charge in [0.15, 0.2) is 12.6 Å². The molecule has 0 spiro atoms. The van der Waals surface area contributed by atoms with Gasteiger partial charge in [0.05, 0.1) is 30.8 Å². The maximum Gasteiger partial charge on any atom is 0.306 e. The number of carbonyl (C=O) groups excluding carboxylic acids is 2. The number of nitrogens with zero attached hydrogens (tertiary/aromatic N) is 3. The first-order valence-electron chi connectivity index (χ1n) is 11.4. The molecule has 2 saturated heterocycles. The summed E-state index contributed by atoms with van der Waals surface area (Å²) in [5, 5.41) is 3.88. The molecule has 0 aromatic heterocycles. The minimum absolute atomic E-state index is 0.0235. The van der Waals surface area contributed by atoms with Crippen molar-refractivity contribution in [3.8, 4) is 0 Å². The van der Waals surface area contributed by atoms with E-state index >= 15 is 0 Å². The zero-order chi connectivity index (χ0) is 24.0. The molecule has 10 atom stereocenters. The number of esters is 1. The number of Topliss-reactive ketones (excluding diaryl/α,β-unsaturated/α-hetero) is 1. The molecular formula is C22H37N3O7. The Morgan fingerprint density at radius 3 is 2.25 bits per heavy atom. The highest BCUT2D eigenvalue weighted by atomic mass is 16.7. The Bertz CT molecular complexity index is 699. The Hall–Kier alpha value is -1.71. The van der Waals surface area contributed by atoms with E-state index in [9.17, 15) is 9.59 Å². The van der Waals surface area contributed by atoms with Crippen LogP contribution < -0.4 is 0 Å². The predicted molar refractivity (Wildman–Crippen MR) is 115 cm³/mol. The van der Waals surface area contributed by atoms with Gasteiger partial charge in [-0.05, 0) is 31.7 Å². The van der Waals surface area contributed by atoms with E-state index < -0.39 is 30.7 Å². The van der Waals surface area contributed by atoms with E-state index in [-0.39, 0.29) is 54.7 Å². The van der Waals surface area contributed by atoms with Crippen LogP contribution in [0.1, 0.15) is 60.8 Å². The molecule has 2 aliphatic heterocycles. The van der Waals surface area contributed by atoms with Crippen LogP contribution >= 0.6 is 0 Å². The van der Waals surface area contributed by atoms with E-state index in [2.05, 4.69) is 10.0 Å². The second-order valence-corrected chi connectivity index (χ2v) is 8.93. The van der Waals surface area contributed by atoms with Crippen LogP contribution in [0.4, 0.5) is 0 Å². The van der Waals surface area contributed by atoms with Gasteiger partial charge in [-0.15, -0.1) is 0 Å². The van der Waals surface area contributed by atoms with Crippen molar-refractivity contribution in [2.45, 2.75) is 104 Å². The zero-order valence-corrected chi connectivity index (χ0v) is 20.1. The van der Waals surface area contributed by atoms with Crippen LogP contribution in [-0.4, -0.2) is 61.9 Å². The molecule has 0 N–H and O–H groups in total. The van der Waals surface area contributed by atoms with Gasteiger partial charge in [-0.3, -0.25) is 4.79 Å². The third-order valence-electron chi connectivity index (χ3n) is 6.66. The van der Waals surface area contributed by atoms with E-state index in [1.54, 1.807) is 0 Å². The van der Waals surface area contributed by atoms with E-state index in [4.69, 9.17) is 29.2 Å². The quantitative estimate of drug-likeness (QED) is 0.224. The molecule has 0 amide bonds. The van der Waals surface area contributed by atoms with Crippen LogP contribution in [0.3, 0.4) is 0 Å². The lowest BCUT2D eigenvalue weighted by molar-refractivity contribution is -0.317. The highest BCUT2D eigenvalue weighted by Crippen LogP contribution is 2.38. The summed E-state index contributed by atoms with van der Waals surface area (Å²) in [5.41, 5.74) is 8.98. The number of ketones is 1. The topological polar surface area (TPSA) is 129 Å². The SMILES string of the molecule is CCC1O[C@H](OC)C(N=[N+]=[N-])[C@@H](C)[C@@H]1O[C@H]1OC(C)[C@@H](OC(=O)CCC(C)=O)[C@H](C)C1C.